The highest BCUT2D eigenvalue weighted by Gasteiger charge is 2.43. The third-order valence-electron chi connectivity index (χ3n) is 4.94. The largest absolute Gasteiger partial charge is 0.504 e. The number of aliphatic hydroxyl groups is 2. The molecule has 7 N–H and O–H groups in total. The number of ether oxygens (including phenoxy) is 1. The molecule has 0 saturated carbocycles. The van der Waals surface area contributed by atoms with Crippen molar-refractivity contribution in [3.63, 3.8) is 0 Å². The van der Waals surface area contributed by atoms with Crippen molar-refractivity contribution in [1.29, 1.82) is 0 Å². The third kappa shape index (κ3) is 3.98. The van der Waals surface area contributed by atoms with E-state index in [0.717, 1.165) is 0 Å². The van der Waals surface area contributed by atoms with Crippen molar-refractivity contribution in [2.24, 2.45) is 0 Å². The average molecular weight is 507 g/mol. The Morgan fingerprint density at radius 3 is 2.81 bits per heavy atom. The number of aromatic hydroxyl groups is 2. The minimum atomic E-state index is -1.27. The van der Waals surface area contributed by atoms with Gasteiger partial charge < -0.3 is 36.2 Å². The van der Waals surface area contributed by atoms with E-state index in [1.54, 1.807) is 0 Å². The number of halogens is 1. The number of hydrogen-bond donors (Lipinski definition) is 6. The number of benzene rings is 1. The summed E-state index contributed by atoms with van der Waals surface area (Å²) in [6, 6.07) is 2.63. The number of carbonyl (C=O) groups is 1. The van der Waals surface area contributed by atoms with Gasteiger partial charge in [-0.2, -0.15) is 0 Å². The fourth-order valence-corrected chi connectivity index (χ4v) is 3.78. The molecule has 1 fully saturated rings. The van der Waals surface area contributed by atoms with E-state index >= 15 is 0 Å². The van der Waals surface area contributed by atoms with E-state index in [1.165, 1.54) is 41.5 Å². The summed E-state index contributed by atoms with van der Waals surface area (Å²) in [6.07, 6.45) is 1.33. The number of nitrogen functional groups attached to an aromatic ring is 1. The first kappa shape index (κ1) is 22.0. The monoisotopic (exact) mass is 506 g/mol. The topological polar surface area (TPSA) is 189 Å². The van der Waals surface area contributed by atoms with E-state index in [0.29, 0.717) is 15.6 Å². The summed E-state index contributed by atoms with van der Waals surface area (Å²) in [5.74, 6) is -1.40. The zero-order valence-electron chi connectivity index (χ0n) is 16.3. The molecule has 0 bridgehead atoms. The smallest absolute Gasteiger partial charge is 0.255 e. The Hall–Kier alpha value is -3.26. The van der Waals surface area contributed by atoms with Crippen molar-refractivity contribution in [3.8, 4) is 11.5 Å². The number of nitrogens with one attached hydrogen (secondary N) is 1. The lowest BCUT2D eigenvalue weighted by Crippen LogP contribution is -2.31. The lowest BCUT2D eigenvalue weighted by Gasteiger charge is -2.16. The van der Waals surface area contributed by atoms with Crippen LogP contribution in [0.3, 0.4) is 0 Å². The van der Waals surface area contributed by atoms with Crippen LogP contribution in [0.1, 0.15) is 16.6 Å². The van der Waals surface area contributed by atoms with E-state index in [1.807, 2.05) is 0 Å². The number of aromatic nitrogens is 4. The SMILES string of the molecule is Nc1ncnc2c1ncn2[C@@H]1O[C@H](/C=C/CNC(=O)c2cc(Br)cc(O)c2O)[C@@H](O)[C@H]1O. The van der Waals surface area contributed by atoms with E-state index in [2.05, 4.69) is 36.2 Å². The Bertz CT molecular complexity index is 1200. The summed E-state index contributed by atoms with van der Waals surface area (Å²) in [5.41, 5.74) is 6.37. The van der Waals surface area contributed by atoms with Gasteiger partial charge in [0.25, 0.3) is 5.91 Å². The summed E-state index contributed by atoms with van der Waals surface area (Å²) in [7, 11) is 0. The van der Waals surface area contributed by atoms with Crippen LogP contribution in [-0.2, 0) is 4.74 Å². The van der Waals surface area contributed by atoms with Crippen molar-refractivity contribution < 1.29 is 30.0 Å². The van der Waals surface area contributed by atoms with E-state index in [-0.39, 0.29) is 17.9 Å². The molecule has 1 aliphatic heterocycles. The number of anilines is 1. The molecule has 1 saturated heterocycles. The summed E-state index contributed by atoms with van der Waals surface area (Å²) in [5, 5.41) is 42.8. The highest BCUT2D eigenvalue weighted by atomic mass is 79.9. The van der Waals surface area contributed by atoms with E-state index < -0.39 is 41.9 Å². The van der Waals surface area contributed by atoms with E-state index in [9.17, 15) is 25.2 Å². The second kappa shape index (κ2) is 8.70. The summed E-state index contributed by atoms with van der Waals surface area (Å²) in [6.45, 7) is 0.0383. The fourth-order valence-electron chi connectivity index (χ4n) is 3.34. The van der Waals surface area contributed by atoms with Crippen LogP contribution in [0.5, 0.6) is 11.5 Å². The van der Waals surface area contributed by atoms with E-state index in [4.69, 9.17) is 10.5 Å². The Balaban J connectivity index is 1.42. The summed E-state index contributed by atoms with van der Waals surface area (Å²) < 4.78 is 7.65. The summed E-state index contributed by atoms with van der Waals surface area (Å²) >= 11 is 3.14. The van der Waals surface area contributed by atoms with Gasteiger partial charge in [0, 0.05) is 11.0 Å². The average Bonchev–Trinajstić information content (AvgIpc) is 3.30. The Morgan fingerprint density at radius 1 is 1.25 bits per heavy atom. The molecule has 3 aromatic rings. The van der Waals surface area contributed by atoms with Crippen LogP contribution in [-0.4, -0.2) is 70.7 Å². The highest BCUT2D eigenvalue weighted by molar-refractivity contribution is 9.10. The second-order valence-corrected chi connectivity index (χ2v) is 7.93. The minimum Gasteiger partial charge on any atom is -0.504 e. The maximum atomic E-state index is 12.3. The van der Waals surface area contributed by atoms with Crippen LogP contribution in [0, 0.1) is 0 Å². The molecule has 1 aromatic carbocycles. The molecule has 168 valence electrons. The zero-order valence-corrected chi connectivity index (χ0v) is 17.9. The first-order valence-corrected chi connectivity index (χ1v) is 10.2. The third-order valence-corrected chi connectivity index (χ3v) is 5.40. The number of imidazole rings is 1. The lowest BCUT2D eigenvalue weighted by atomic mass is 10.1. The number of nitrogens with two attached hydrogens (primary N) is 1. The number of phenolic OH excluding ortho intramolecular Hbond substituents is 2. The van der Waals surface area contributed by atoms with Gasteiger partial charge >= 0.3 is 0 Å². The Morgan fingerprint density at radius 2 is 2.03 bits per heavy atom. The normalized spacial score (nSPS) is 23.2. The van der Waals surface area contributed by atoms with Gasteiger partial charge in [-0.05, 0) is 12.1 Å². The molecule has 1 amide bonds. The number of aliphatic hydroxyl groups excluding tert-OH is 2. The van der Waals surface area contributed by atoms with Gasteiger partial charge in [-0.1, -0.05) is 28.1 Å². The van der Waals surface area contributed by atoms with Crippen molar-refractivity contribution >= 4 is 38.8 Å². The van der Waals surface area contributed by atoms with Gasteiger partial charge in [-0.25, -0.2) is 15.0 Å². The Kier molecular flexibility index (Phi) is 5.97. The molecular formula is C19H19BrN6O6. The molecule has 4 rings (SSSR count). The molecule has 12 nitrogen and oxygen atoms in total. The molecule has 0 radical (unpaired) electrons. The number of carbonyl (C=O) groups excluding carboxylic acids is 1. The van der Waals surface area contributed by atoms with Crippen molar-refractivity contribution in [1.82, 2.24) is 24.8 Å². The second-order valence-electron chi connectivity index (χ2n) is 7.01. The van der Waals surface area contributed by atoms with Crippen LogP contribution in [0.2, 0.25) is 0 Å². The number of nitrogens with zero attached hydrogens (tertiary/aromatic N) is 4. The summed E-state index contributed by atoms with van der Waals surface area (Å²) in [4.78, 5) is 24.3. The van der Waals surface area contributed by atoms with Crippen molar-refractivity contribution in [2.45, 2.75) is 24.5 Å². The predicted octanol–water partition coefficient (Wildman–Crippen LogP) is 0.188. The van der Waals surface area contributed by atoms with Crippen molar-refractivity contribution in [2.75, 3.05) is 12.3 Å². The van der Waals surface area contributed by atoms with Crippen LogP contribution in [0.25, 0.3) is 11.2 Å². The minimum absolute atomic E-state index is 0.0383. The van der Waals surface area contributed by atoms with Gasteiger partial charge in [0.2, 0.25) is 0 Å². The molecule has 0 aliphatic carbocycles. The zero-order chi connectivity index (χ0) is 23.0. The van der Waals surface area contributed by atoms with Crippen LogP contribution in [0.4, 0.5) is 5.82 Å². The molecule has 0 spiro atoms. The molecule has 13 heteroatoms. The number of fused-ring (bicyclic) bond motifs is 1. The number of amides is 1. The lowest BCUT2D eigenvalue weighted by molar-refractivity contribution is -0.0245. The number of rotatable bonds is 5. The standard InChI is InChI=1S/C19H19BrN6O6/c20-8-4-9(13(28)10(27)5-8)18(31)22-3-1-2-11-14(29)15(30)19(32-11)26-7-25-12-16(21)23-6-24-17(12)26/h1-2,4-7,11,14-15,19,27-30H,3H2,(H,22,31)(H2,21,23,24)/b2-1+/t11-,14-,15-,19-/m1/s1. The molecule has 2 aromatic heterocycles. The first-order valence-electron chi connectivity index (χ1n) is 9.39. The number of hydrogen-bond acceptors (Lipinski definition) is 10. The molecule has 3 heterocycles. The van der Waals surface area contributed by atoms with Crippen LogP contribution >= 0.6 is 15.9 Å². The fraction of sp³-hybridized carbons (Fsp3) is 0.263. The maximum absolute atomic E-state index is 12.3. The first-order chi connectivity index (χ1) is 15.3. The Labute approximate surface area is 189 Å². The number of phenols is 2. The highest BCUT2D eigenvalue weighted by Crippen LogP contribution is 2.33. The molecule has 0 unspecified atom stereocenters. The van der Waals surface area contributed by atoms with Gasteiger partial charge in [0.15, 0.2) is 29.2 Å². The molecule has 4 atom stereocenters. The maximum Gasteiger partial charge on any atom is 0.255 e. The van der Waals surface area contributed by atoms with Gasteiger partial charge in [0.05, 0.1) is 11.9 Å². The van der Waals surface area contributed by atoms with Gasteiger partial charge in [-0.3, -0.25) is 9.36 Å². The van der Waals surface area contributed by atoms with Crippen molar-refractivity contribution in [3.05, 3.63) is 47.0 Å². The molecule has 1 aliphatic rings. The quantitative estimate of drug-likeness (QED) is 0.205. The predicted molar refractivity (Wildman–Crippen MR) is 115 cm³/mol. The molecule has 32 heavy (non-hydrogen) atoms. The van der Waals surface area contributed by atoms with Gasteiger partial charge in [-0.15, -0.1) is 0 Å². The van der Waals surface area contributed by atoms with Gasteiger partial charge in [0.1, 0.15) is 30.2 Å². The van der Waals surface area contributed by atoms with Crippen LogP contribution in [0.15, 0.2) is 41.4 Å². The molecular weight excluding hydrogens is 488 g/mol. The van der Waals surface area contributed by atoms with Crippen LogP contribution < -0.4 is 11.1 Å².